The van der Waals surface area contributed by atoms with E-state index < -0.39 is 0 Å². The SMILES string of the molecule is [CH2]Nc1cccnc1. The third-order valence-electron chi connectivity index (χ3n) is 0.866. The standard InChI is InChI=1S/C6H7N2/c1-7-6-3-2-4-8-5-6/h2-5,7H,1H2. The quantitative estimate of drug-likeness (QED) is 0.584. The van der Waals surface area contributed by atoms with Crippen LogP contribution >= 0.6 is 0 Å². The van der Waals surface area contributed by atoms with Crippen LogP contribution in [0.5, 0.6) is 0 Å². The monoisotopic (exact) mass is 107 g/mol. The molecule has 0 saturated carbocycles. The Morgan fingerprint density at radius 1 is 1.62 bits per heavy atom. The topological polar surface area (TPSA) is 24.9 Å². The molecule has 0 saturated heterocycles. The van der Waals surface area contributed by atoms with Gasteiger partial charge in [-0.25, -0.2) is 0 Å². The summed E-state index contributed by atoms with van der Waals surface area (Å²) >= 11 is 0. The van der Waals surface area contributed by atoms with E-state index in [1.807, 2.05) is 12.1 Å². The second-order valence-electron chi connectivity index (χ2n) is 1.42. The number of anilines is 1. The zero-order chi connectivity index (χ0) is 5.82. The molecular weight excluding hydrogens is 100 g/mol. The molecule has 1 heterocycles. The molecular formula is C6H7N2. The van der Waals surface area contributed by atoms with Gasteiger partial charge in [0.25, 0.3) is 0 Å². The summed E-state index contributed by atoms with van der Waals surface area (Å²) in [5.41, 5.74) is 0.938. The molecule has 0 amide bonds. The van der Waals surface area contributed by atoms with Gasteiger partial charge in [-0.2, -0.15) is 0 Å². The first-order valence-corrected chi connectivity index (χ1v) is 2.36. The number of hydrogen-bond acceptors (Lipinski definition) is 2. The maximum Gasteiger partial charge on any atom is 0.0527 e. The molecule has 41 valence electrons. The first-order valence-electron chi connectivity index (χ1n) is 2.36. The summed E-state index contributed by atoms with van der Waals surface area (Å²) in [6.45, 7) is 0. The third-order valence-corrected chi connectivity index (χ3v) is 0.866. The molecule has 0 aliphatic heterocycles. The van der Waals surface area contributed by atoms with E-state index in [9.17, 15) is 0 Å². The first-order chi connectivity index (χ1) is 3.93. The highest BCUT2D eigenvalue weighted by Gasteiger charge is 1.79. The molecule has 1 aromatic heterocycles. The van der Waals surface area contributed by atoms with Gasteiger partial charge in [-0.1, -0.05) is 0 Å². The molecule has 1 radical (unpaired) electrons. The molecule has 1 rings (SSSR count). The van der Waals surface area contributed by atoms with Gasteiger partial charge >= 0.3 is 0 Å². The zero-order valence-electron chi connectivity index (χ0n) is 4.46. The summed E-state index contributed by atoms with van der Waals surface area (Å²) in [4.78, 5) is 3.85. The van der Waals surface area contributed by atoms with Crippen molar-refractivity contribution in [3.05, 3.63) is 31.6 Å². The number of nitrogens with zero attached hydrogens (tertiary/aromatic N) is 1. The van der Waals surface area contributed by atoms with Gasteiger partial charge in [0.15, 0.2) is 0 Å². The first kappa shape index (κ1) is 5.09. The molecule has 0 spiro atoms. The second kappa shape index (κ2) is 2.31. The smallest absolute Gasteiger partial charge is 0.0527 e. The minimum atomic E-state index is 0.938. The largest absolute Gasteiger partial charge is 0.382 e. The summed E-state index contributed by atoms with van der Waals surface area (Å²) in [5.74, 6) is 0. The lowest BCUT2D eigenvalue weighted by atomic mass is 10.4. The fourth-order valence-electron chi connectivity index (χ4n) is 0.467. The van der Waals surface area contributed by atoms with Crippen molar-refractivity contribution in [3.8, 4) is 0 Å². The van der Waals surface area contributed by atoms with Crippen LogP contribution in [0.3, 0.4) is 0 Å². The van der Waals surface area contributed by atoms with Crippen LogP contribution in [0.1, 0.15) is 0 Å². The molecule has 0 aliphatic rings. The number of aromatic nitrogens is 1. The van der Waals surface area contributed by atoms with Crippen LogP contribution in [-0.2, 0) is 0 Å². The molecule has 0 atom stereocenters. The molecule has 1 N–H and O–H groups in total. The molecule has 0 aliphatic carbocycles. The number of rotatable bonds is 1. The maximum atomic E-state index is 3.85. The number of nitrogens with one attached hydrogen (secondary N) is 1. The van der Waals surface area contributed by atoms with Gasteiger partial charge in [0.05, 0.1) is 5.69 Å². The Bertz CT molecular complexity index is 148. The predicted molar refractivity (Wildman–Crippen MR) is 33.2 cm³/mol. The molecule has 2 heteroatoms. The lowest BCUT2D eigenvalue weighted by molar-refractivity contribution is 1.32. The Morgan fingerprint density at radius 2 is 2.50 bits per heavy atom. The minimum absolute atomic E-state index is 0.938. The van der Waals surface area contributed by atoms with Crippen molar-refractivity contribution in [2.45, 2.75) is 0 Å². The number of pyridine rings is 1. The zero-order valence-corrected chi connectivity index (χ0v) is 4.46. The van der Waals surface area contributed by atoms with Crippen molar-refractivity contribution in [1.29, 1.82) is 0 Å². The summed E-state index contributed by atoms with van der Waals surface area (Å²) in [6, 6.07) is 3.76. The molecule has 2 nitrogen and oxygen atoms in total. The summed E-state index contributed by atoms with van der Waals surface area (Å²) in [6.07, 6.45) is 3.44. The Balaban J connectivity index is 2.83. The van der Waals surface area contributed by atoms with Gasteiger partial charge in [-0.3, -0.25) is 4.98 Å². The van der Waals surface area contributed by atoms with Gasteiger partial charge in [-0.05, 0) is 12.1 Å². The number of hydrogen-bond donors (Lipinski definition) is 1. The van der Waals surface area contributed by atoms with E-state index in [1.54, 1.807) is 12.4 Å². The highest BCUT2D eigenvalue weighted by molar-refractivity contribution is 5.39. The molecule has 0 aromatic carbocycles. The normalized spacial score (nSPS) is 8.62. The van der Waals surface area contributed by atoms with E-state index in [4.69, 9.17) is 0 Å². The molecule has 8 heavy (non-hydrogen) atoms. The summed E-state index contributed by atoms with van der Waals surface area (Å²) < 4.78 is 0. The summed E-state index contributed by atoms with van der Waals surface area (Å²) in [7, 11) is 3.47. The Morgan fingerprint density at radius 3 is 2.88 bits per heavy atom. The van der Waals surface area contributed by atoms with E-state index in [2.05, 4.69) is 17.3 Å². The van der Waals surface area contributed by atoms with Crippen molar-refractivity contribution >= 4 is 5.69 Å². The van der Waals surface area contributed by atoms with E-state index in [0.717, 1.165) is 5.69 Å². The lowest BCUT2D eigenvalue weighted by Crippen LogP contribution is -1.82. The van der Waals surface area contributed by atoms with Crippen molar-refractivity contribution in [1.82, 2.24) is 4.98 Å². The predicted octanol–water partition coefficient (Wildman–Crippen LogP) is 1.29. The van der Waals surface area contributed by atoms with E-state index in [-0.39, 0.29) is 0 Å². The second-order valence-corrected chi connectivity index (χ2v) is 1.42. The van der Waals surface area contributed by atoms with Crippen LogP contribution in [0, 0.1) is 7.05 Å². The van der Waals surface area contributed by atoms with Gasteiger partial charge in [0.1, 0.15) is 0 Å². The van der Waals surface area contributed by atoms with Crippen molar-refractivity contribution in [2.75, 3.05) is 5.32 Å². The highest BCUT2D eigenvalue weighted by atomic mass is 14.8. The van der Waals surface area contributed by atoms with Crippen LogP contribution in [-0.4, -0.2) is 4.98 Å². The molecule has 0 fully saturated rings. The van der Waals surface area contributed by atoms with Crippen LogP contribution in [0.15, 0.2) is 24.5 Å². The van der Waals surface area contributed by atoms with E-state index in [1.165, 1.54) is 0 Å². The fraction of sp³-hybridized carbons (Fsp3) is 0. The van der Waals surface area contributed by atoms with Gasteiger partial charge in [0, 0.05) is 19.4 Å². The highest BCUT2D eigenvalue weighted by Crippen LogP contribution is 1.99. The van der Waals surface area contributed by atoms with Crippen LogP contribution in [0.25, 0.3) is 0 Å². The van der Waals surface area contributed by atoms with E-state index >= 15 is 0 Å². The van der Waals surface area contributed by atoms with Crippen LogP contribution < -0.4 is 5.32 Å². The molecule has 1 aromatic rings. The van der Waals surface area contributed by atoms with Gasteiger partial charge in [0.2, 0.25) is 0 Å². The lowest BCUT2D eigenvalue weighted by Gasteiger charge is -1.93. The Kier molecular flexibility index (Phi) is 1.47. The molecule has 0 bridgehead atoms. The minimum Gasteiger partial charge on any atom is -0.382 e. The van der Waals surface area contributed by atoms with E-state index in [0.29, 0.717) is 0 Å². The molecule has 0 unspecified atom stereocenters. The Labute approximate surface area is 48.6 Å². The fourth-order valence-corrected chi connectivity index (χ4v) is 0.467. The van der Waals surface area contributed by atoms with Crippen molar-refractivity contribution in [2.24, 2.45) is 0 Å². The third kappa shape index (κ3) is 0.964. The van der Waals surface area contributed by atoms with Gasteiger partial charge < -0.3 is 5.32 Å². The average Bonchev–Trinajstić information content (AvgIpc) is 1.90. The van der Waals surface area contributed by atoms with Crippen molar-refractivity contribution in [3.63, 3.8) is 0 Å². The summed E-state index contributed by atoms with van der Waals surface area (Å²) in [5, 5.41) is 2.71. The van der Waals surface area contributed by atoms with Crippen molar-refractivity contribution < 1.29 is 0 Å². The average molecular weight is 107 g/mol. The Hall–Kier alpha value is -1.05. The maximum absolute atomic E-state index is 3.85. The van der Waals surface area contributed by atoms with Gasteiger partial charge in [-0.15, -0.1) is 0 Å². The van der Waals surface area contributed by atoms with Crippen LogP contribution in [0.2, 0.25) is 0 Å². The van der Waals surface area contributed by atoms with Crippen LogP contribution in [0.4, 0.5) is 5.69 Å².